The van der Waals surface area contributed by atoms with Crippen LogP contribution in [0.5, 0.6) is 5.75 Å². The Morgan fingerprint density at radius 3 is 2.31 bits per heavy atom. The molecule has 0 spiro atoms. The molecule has 1 unspecified atom stereocenters. The highest BCUT2D eigenvalue weighted by Gasteiger charge is 2.16. The van der Waals surface area contributed by atoms with Crippen molar-refractivity contribution in [3.63, 3.8) is 0 Å². The van der Waals surface area contributed by atoms with E-state index in [1.165, 1.54) is 11.8 Å². The summed E-state index contributed by atoms with van der Waals surface area (Å²) in [4.78, 5) is 25.5. The van der Waals surface area contributed by atoms with Gasteiger partial charge in [-0.15, -0.1) is 0 Å². The number of rotatable bonds is 8. The number of hydrogen-bond donors (Lipinski definition) is 1. The molecule has 2 aromatic carbocycles. The number of benzene rings is 2. The van der Waals surface area contributed by atoms with Gasteiger partial charge in [0.1, 0.15) is 18.9 Å². The van der Waals surface area contributed by atoms with Crippen LogP contribution in [-0.2, 0) is 16.2 Å². The SMILES string of the molecule is CCC(C)NC(=O)CN(C(C)=O)c1ccc(OCc2ccccc2)cc1. The molecule has 0 aliphatic heterocycles. The second-order valence-electron chi connectivity index (χ2n) is 6.25. The fourth-order valence-corrected chi connectivity index (χ4v) is 2.41. The van der Waals surface area contributed by atoms with Crippen LogP contribution in [0.4, 0.5) is 5.69 Å². The van der Waals surface area contributed by atoms with Crippen molar-refractivity contribution in [1.82, 2.24) is 5.32 Å². The van der Waals surface area contributed by atoms with E-state index in [2.05, 4.69) is 5.32 Å². The predicted octanol–water partition coefficient (Wildman–Crippen LogP) is 3.53. The Bertz CT molecular complexity index is 714. The zero-order valence-electron chi connectivity index (χ0n) is 15.6. The summed E-state index contributed by atoms with van der Waals surface area (Å²) < 4.78 is 5.75. The molecule has 1 N–H and O–H groups in total. The molecule has 138 valence electrons. The van der Waals surface area contributed by atoms with Crippen LogP contribution in [-0.4, -0.2) is 24.4 Å². The lowest BCUT2D eigenvalue weighted by Crippen LogP contribution is -2.42. The quantitative estimate of drug-likeness (QED) is 0.789. The van der Waals surface area contributed by atoms with Gasteiger partial charge in [-0.25, -0.2) is 0 Å². The van der Waals surface area contributed by atoms with E-state index in [1.807, 2.05) is 44.2 Å². The maximum atomic E-state index is 12.1. The summed E-state index contributed by atoms with van der Waals surface area (Å²) in [7, 11) is 0. The molecule has 0 heterocycles. The van der Waals surface area contributed by atoms with Gasteiger partial charge < -0.3 is 15.0 Å². The maximum Gasteiger partial charge on any atom is 0.240 e. The maximum absolute atomic E-state index is 12.1. The molecule has 0 aliphatic carbocycles. The van der Waals surface area contributed by atoms with E-state index < -0.39 is 0 Å². The highest BCUT2D eigenvalue weighted by Crippen LogP contribution is 2.20. The highest BCUT2D eigenvalue weighted by molar-refractivity contribution is 5.97. The number of amides is 2. The fourth-order valence-electron chi connectivity index (χ4n) is 2.41. The van der Waals surface area contributed by atoms with Gasteiger partial charge in [0.25, 0.3) is 0 Å². The zero-order chi connectivity index (χ0) is 18.9. The summed E-state index contributed by atoms with van der Waals surface area (Å²) in [6.45, 7) is 5.88. The molecule has 2 rings (SSSR count). The molecular weight excluding hydrogens is 328 g/mol. The Kier molecular flexibility index (Phi) is 7.21. The van der Waals surface area contributed by atoms with Gasteiger partial charge >= 0.3 is 0 Å². The minimum absolute atomic E-state index is 0.00386. The minimum atomic E-state index is -0.178. The summed E-state index contributed by atoms with van der Waals surface area (Å²) in [5.74, 6) is 0.367. The van der Waals surface area contributed by atoms with Gasteiger partial charge in [-0.05, 0) is 43.2 Å². The van der Waals surface area contributed by atoms with Crippen molar-refractivity contribution < 1.29 is 14.3 Å². The van der Waals surface area contributed by atoms with Crippen molar-refractivity contribution in [2.75, 3.05) is 11.4 Å². The van der Waals surface area contributed by atoms with Gasteiger partial charge in [0.05, 0.1) is 0 Å². The Balaban J connectivity index is 1.98. The van der Waals surface area contributed by atoms with E-state index >= 15 is 0 Å². The first-order chi connectivity index (χ1) is 12.5. The van der Waals surface area contributed by atoms with Crippen LogP contribution in [0, 0.1) is 0 Å². The van der Waals surface area contributed by atoms with E-state index in [1.54, 1.807) is 24.3 Å². The normalized spacial score (nSPS) is 11.5. The van der Waals surface area contributed by atoms with Crippen LogP contribution < -0.4 is 15.0 Å². The molecule has 0 saturated heterocycles. The average Bonchev–Trinajstić information content (AvgIpc) is 2.65. The van der Waals surface area contributed by atoms with Crippen molar-refractivity contribution in [3.8, 4) is 5.75 Å². The lowest BCUT2D eigenvalue weighted by molar-refractivity contribution is -0.123. The second kappa shape index (κ2) is 9.61. The molecule has 2 aromatic rings. The first kappa shape index (κ1) is 19.5. The molecule has 2 amide bonds. The molecule has 5 nitrogen and oxygen atoms in total. The van der Waals surface area contributed by atoms with Gasteiger partial charge in [0.2, 0.25) is 11.8 Å². The van der Waals surface area contributed by atoms with Crippen LogP contribution >= 0.6 is 0 Å². The Morgan fingerprint density at radius 1 is 1.08 bits per heavy atom. The third-order valence-corrected chi connectivity index (χ3v) is 4.10. The molecule has 26 heavy (non-hydrogen) atoms. The number of carbonyl (C=O) groups excluding carboxylic acids is 2. The molecule has 0 fully saturated rings. The van der Waals surface area contributed by atoms with Gasteiger partial charge in [-0.2, -0.15) is 0 Å². The van der Waals surface area contributed by atoms with Crippen molar-refractivity contribution in [2.45, 2.75) is 39.8 Å². The first-order valence-corrected chi connectivity index (χ1v) is 8.84. The number of ether oxygens (including phenoxy) is 1. The van der Waals surface area contributed by atoms with Gasteiger partial charge in [0.15, 0.2) is 0 Å². The lowest BCUT2D eigenvalue weighted by Gasteiger charge is -2.22. The standard InChI is InChI=1S/C21H26N2O3/c1-4-16(2)22-21(25)14-23(17(3)24)19-10-12-20(13-11-19)26-15-18-8-6-5-7-9-18/h5-13,16H,4,14-15H2,1-3H3,(H,22,25). The smallest absolute Gasteiger partial charge is 0.240 e. The summed E-state index contributed by atoms with van der Waals surface area (Å²) >= 11 is 0. The van der Waals surface area contributed by atoms with Crippen LogP contribution in [0.25, 0.3) is 0 Å². The third kappa shape index (κ3) is 5.92. The summed E-state index contributed by atoms with van der Waals surface area (Å²) in [6.07, 6.45) is 0.846. The summed E-state index contributed by atoms with van der Waals surface area (Å²) in [5, 5.41) is 2.88. The number of anilines is 1. The van der Waals surface area contributed by atoms with E-state index in [9.17, 15) is 9.59 Å². The fraction of sp³-hybridized carbons (Fsp3) is 0.333. The number of nitrogens with one attached hydrogen (secondary N) is 1. The third-order valence-electron chi connectivity index (χ3n) is 4.10. The summed E-state index contributed by atoms with van der Waals surface area (Å²) in [6, 6.07) is 17.2. The van der Waals surface area contributed by atoms with Crippen molar-refractivity contribution in [2.24, 2.45) is 0 Å². The largest absolute Gasteiger partial charge is 0.489 e. The number of nitrogens with zero attached hydrogens (tertiary/aromatic N) is 1. The van der Waals surface area contributed by atoms with Crippen LogP contribution in [0.3, 0.4) is 0 Å². The average molecular weight is 354 g/mol. The van der Waals surface area contributed by atoms with E-state index in [0.29, 0.717) is 18.0 Å². The Hall–Kier alpha value is -2.82. The Labute approximate surface area is 155 Å². The Morgan fingerprint density at radius 2 is 1.73 bits per heavy atom. The lowest BCUT2D eigenvalue weighted by atomic mass is 10.2. The molecule has 0 saturated carbocycles. The van der Waals surface area contributed by atoms with E-state index in [4.69, 9.17) is 4.74 Å². The highest BCUT2D eigenvalue weighted by atomic mass is 16.5. The first-order valence-electron chi connectivity index (χ1n) is 8.84. The van der Waals surface area contributed by atoms with E-state index in [0.717, 1.165) is 12.0 Å². The minimum Gasteiger partial charge on any atom is -0.489 e. The molecule has 0 aromatic heterocycles. The molecule has 0 aliphatic rings. The monoisotopic (exact) mass is 354 g/mol. The molecule has 5 heteroatoms. The molecule has 0 radical (unpaired) electrons. The van der Waals surface area contributed by atoms with Gasteiger partial charge in [-0.3, -0.25) is 9.59 Å². The van der Waals surface area contributed by atoms with Crippen molar-refractivity contribution in [1.29, 1.82) is 0 Å². The van der Waals surface area contributed by atoms with Gasteiger partial charge in [0, 0.05) is 18.7 Å². The number of hydrogen-bond acceptors (Lipinski definition) is 3. The van der Waals surface area contributed by atoms with E-state index in [-0.39, 0.29) is 24.4 Å². The molecule has 0 bridgehead atoms. The molecule has 1 atom stereocenters. The van der Waals surface area contributed by atoms with Crippen LogP contribution in [0.1, 0.15) is 32.8 Å². The summed E-state index contributed by atoms with van der Waals surface area (Å²) in [5.41, 5.74) is 1.76. The van der Waals surface area contributed by atoms with Crippen molar-refractivity contribution >= 4 is 17.5 Å². The van der Waals surface area contributed by atoms with Crippen molar-refractivity contribution in [3.05, 3.63) is 60.2 Å². The van der Waals surface area contributed by atoms with Gasteiger partial charge in [-0.1, -0.05) is 37.3 Å². The molecular formula is C21H26N2O3. The predicted molar refractivity (Wildman–Crippen MR) is 103 cm³/mol. The second-order valence-corrected chi connectivity index (χ2v) is 6.25. The van der Waals surface area contributed by atoms with Crippen LogP contribution in [0.15, 0.2) is 54.6 Å². The number of carbonyl (C=O) groups is 2. The van der Waals surface area contributed by atoms with Crippen LogP contribution in [0.2, 0.25) is 0 Å². The zero-order valence-corrected chi connectivity index (χ0v) is 15.6. The topological polar surface area (TPSA) is 58.6 Å².